The van der Waals surface area contributed by atoms with E-state index in [-0.39, 0.29) is 17.8 Å². The first-order chi connectivity index (χ1) is 19.4. The lowest BCUT2D eigenvalue weighted by atomic mass is 9.87. The highest BCUT2D eigenvalue weighted by molar-refractivity contribution is 7.86. The minimum Gasteiger partial charge on any atom is -0.369 e. The van der Waals surface area contributed by atoms with Gasteiger partial charge in [0.2, 0.25) is 17.8 Å². The summed E-state index contributed by atoms with van der Waals surface area (Å²) >= 11 is 0. The Morgan fingerprint density at radius 3 is 2.27 bits per heavy atom. The molecule has 210 valence electrons. The number of carbonyl (C=O) groups excluding carboxylic acids is 1. The molecule has 0 fully saturated rings. The quantitative estimate of drug-likeness (QED) is 0.275. The lowest BCUT2D eigenvalue weighted by Crippen LogP contribution is -2.54. The van der Waals surface area contributed by atoms with Crippen LogP contribution in [0.25, 0.3) is 10.8 Å². The van der Waals surface area contributed by atoms with Gasteiger partial charge < -0.3 is 16.8 Å². The van der Waals surface area contributed by atoms with Gasteiger partial charge in [-0.15, -0.1) is 3.89 Å². The Kier molecular flexibility index (Phi) is 7.22. The highest BCUT2D eigenvalue weighted by Gasteiger charge is 2.33. The molecule has 1 unspecified atom stereocenters. The van der Waals surface area contributed by atoms with Gasteiger partial charge in [0.25, 0.3) is 0 Å². The largest absolute Gasteiger partial charge is 0.369 e. The van der Waals surface area contributed by atoms with Gasteiger partial charge in [-0.2, -0.15) is 13.4 Å². The Morgan fingerprint density at radius 1 is 0.951 bits per heavy atom. The Bertz CT molecular complexity index is 1780. The number of nitrogens with two attached hydrogens (primary N) is 2. The lowest BCUT2D eigenvalue weighted by Gasteiger charge is -2.38. The first-order valence-corrected chi connectivity index (χ1v) is 14.2. The molecule has 1 heterocycles. The van der Waals surface area contributed by atoms with E-state index in [9.17, 15) is 17.1 Å². The summed E-state index contributed by atoms with van der Waals surface area (Å²) in [5.41, 5.74) is 14.1. The monoisotopic (exact) mass is 572 g/mol. The molecule has 4 aromatic carbocycles. The Morgan fingerprint density at radius 2 is 1.61 bits per heavy atom. The SMILES string of the molecule is CC1(C)N=C(N)N=C(N)N1c1ccc(CC(C(=O)Nc2ccc(S(=O)(=O)F)cc2)c2cccc3ccccc23)cc1. The third-order valence-corrected chi connectivity index (χ3v) is 7.78. The summed E-state index contributed by atoms with van der Waals surface area (Å²) < 4.78 is 35.7. The van der Waals surface area contributed by atoms with Crippen molar-refractivity contribution in [3.8, 4) is 0 Å². The average molecular weight is 573 g/mol. The number of nitrogens with zero attached hydrogens (tertiary/aromatic N) is 3. The van der Waals surface area contributed by atoms with Crippen LogP contribution < -0.4 is 21.7 Å². The van der Waals surface area contributed by atoms with Crippen LogP contribution >= 0.6 is 0 Å². The molecule has 0 saturated carbocycles. The van der Waals surface area contributed by atoms with Gasteiger partial charge in [0.05, 0.1) is 10.8 Å². The van der Waals surface area contributed by atoms with E-state index in [0.717, 1.165) is 39.7 Å². The van der Waals surface area contributed by atoms with Crippen LogP contribution in [0, 0.1) is 0 Å². The molecule has 1 atom stereocenters. The molecule has 5 N–H and O–H groups in total. The fraction of sp³-hybridized carbons (Fsp3) is 0.167. The van der Waals surface area contributed by atoms with Crippen LogP contribution in [0.1, 0.15) is 30.9 Å². The number of rotatable bonds is 7. The van der Waals surface area contributed by atoms with Crippen LogP contribution in [-0.4, -0.2) is 31.9 Å². The summed E-state index contributed by atoms with van der Waals surface area (Å²) in [5.74, 6) is -0.543. The maximum absolute atomic E-state index is 13.7. The molecule has 0 aromatic heterocycles. The van der Waals surface area contributed by atoms with Crippen molar-refractivity contribution < 1.29 is 17.1 Å². The van der Waals surface area contributed by atoms with Crippen LogP contribution in [0.3, 0.4) is 0 Å². The molecule has 1 aliphatic heterocycles. The normalized spacial score (nSPS) is 15.6. The lowest BCUT2D eigenvalue weighted by molar-refractivity contribution is -0.117. The van der Waals surface area contributed by atoms with Crippen molar-refractivity contribution >= 4 is 50.2 Å². The molecule has 11 heteroatoms. The summed E-state index contributed by atoms with van der Waals surface area (Å²) in [6.45, 7) is 3.76. The number of fused-ring (bicyclic) bond motifs is 1. The highest BCUT2D eigenvalue weighted by atomic mass is 32.3. The zero-order valence-electron chi connectivity index (χ0n) is 22.5. The summed E-state index contributed by atoms with van der Waals surface area (Å²) in [6, 6.07) is 26.2. The molecule has 41 heavy (non-hydrogen) atoms. The number of halogens is 1. The first kappa shape index (κ1) is 27.8. The van der Waals surface area contributed by atoms with E-state index in [2.05, 4.69) is 15.3 Å². The van der Waals surface area contributed by atoms with Gasteiger partial charge in [0, 0.05) is 11.4 Å². The van der Waals surface area contributed by atoms with E-state index in [4.69, 9.17) is 11.5 Å². The van der Waals surface area contributed by atoms with E-state index < -0.39 is 26.7 Å². The molecule has 0 radical (unpaired) electrons. The molecule has 0 bridgehead atoms. The number of benzene rings is 4. The molecule has 4 aromatic rings. The molecular weight excluding hydrogens is 543 g/mol. The summed E-state index contributed by atoms with van der Waals surface area (Å²) in [6.07, 6.45) is 0.370. The second-order valence-electron chi connectivity index (χ2n) is 10.2. The molecule has 0 aliphatic carbocycles. The number of hydrogen-bond acceptors (Lipinski definition) is 8. The number of hydrogen-bond donors (Lipinski definition) is 3. The zero-order chi connectivity index (χ0) is 29.4. The predicted molar refractivity (Wildman–Crippen MR) is 160 cm³/mol. The second-order valence-corrected chi connectivity index (χ2v) is 11.6. The standard InChI is InChI=1S/C30H29FN6O3S/c1-30(2)36-28(32)35-29(33)37(30)22-14-10-19(11-15-22)18-26(25-9-5-7-20-6-3-4-8-24(20)25)27(38)34-21-12-16-23(17-13-21)41(31,39)40/h3-17,26H,18H2,1-2H3,(H,34,38)(H4,32,33,35,36). The van der Waals surface area contributed by atoms with E-state index in [1.807, 2.05) is 80.6 Å². The number of carbonyl (C=O) groups is 1. The van der Waals surface area contributed by atoms with Crippen LogP contribution in [-0.2, 0) is 21.4 Å². The third kappa shape index (κ3) is 5.90. The van der Waals surface area contributed by atoms with Crippen LogP contribution in [0.2, 0.25) is 0 Å². The van der Waals surface area contributed by atoms with Crippen LogP contribution in [0.5, 0.6) is 0 Å². The van der Waals surface area contributed by atoms with E-state index in [1.165, 1.54) is 12.1 Å². The van der Waals surface area contributed by atoms with Crippen molar-refractivity contribution in [3.63, 3.8) is 0 Å². The van der Waals surface area contributed by atoms with Crippen molar-refractivity contribution in [1.82, 2.24) is 0 Å². The molecule has 9 nitrogen and oxygen atoms in total. The summed E-state index contributed by atoms with van der Waals surface area (Å²) in [5, 5.41) is 4.81. The second kappa shape index (κ2) is 10.7. The average Bonchev–Trinajstić information content (AvgIpc) is 2.91. The molecule has 5 rings (SSSR count). The van der Waals surface area contributed by atoms with E-state index in [0.29, 0.717) is 12.1 Å². The van der Waals surface area contributed by atoms with Gasteiger partial charge in [0.1, 0.15) is 5.66 Å². The number of anilines is 2. The fourth-order valence-electron chi connectivity index (χ4n) is 5.10. The number of guanidine groups is 2. The number of amides is 1. The number of aliphatic imine (C=N–C) groups is 2. The Balaban J connectivity index is 1.47. The Hall–Kier alpha value is -4.77. The third-order valence-electron chi connectivity index (χ3n) is 6.95. The molecular formula is C30H29FN6O3S. The minimum absolute atomic E-state index is 0.116. The first-order valence-electron chi connectivity index (χ1n) is 12.8. The fourth-order valence-corrected chi connectivity index (χ4v) is 5.56. The molecule has 1 amide bonds. The van der Waals surface area contributed by atoms with Gasteiger partial charge in [0.15, 0.2) is 0 Å². The highest BCUT2D eigenvalue weighted by Crippen LogP contribution is 2.32. The van der Waals surface area contributed by atoms with Gasteiger partial charge >= 0.3 is 10.2 Å². The summed E-state index contributed by atoms with van der Waals surface area (Å²) in [4.78, 5) is 23.5. The van der Waals surface area contributed by atoms with Gasteiger partial charge in [-0.1, -0.05) is 54.6 Å². The van der Waals surface area contributed by atoms with Crippen molar-refractivity contribution in [1.29, 1.82) is 0 Å². The van der Waals surface area contributed by atoms with Crippen LogP contribution in [0.4, 0.5) is 15.3 Å². The maximum atomic E-state index is 13.7. The Labute approximate surface area is 237 Å². The predicted octanol–water partition coefficient (Wildman–Crippen LogP) is 4.65. The van der Waals surface area contributed by atoms with Crippen molar-refractivity contribution in [2.75, 3.05) is 10.2 Å². The molecule has 0 spiro atoms. The molecule has 0 saturated heterocycles. The van der Waals surface area contributed by atoms with Crippen molar-refractivity contribution in [3.05, 3.63) is 102 Å². The summed E-state index contributed by atoms with van der Waals surface area (Å²) in [7, 11) is -4.84. The van der Waals surface area contributed by atoms with E-state index >= 15 is 0 Å². The van der Waals surface area contributed by atoms with E-state index in [1.54, 1.807) is 4.90 Å². The van der Waals surface area contributed by atoms with Crippen molar-refractivity contribution in [2.24, 2.45) is 21.5 Å². The topological polar surface area (TPSA) is 143 Å². The zero-order valence-corrected chi connectivity index (χ0v) is 23.3. The van der Waals surface area contributed by atoms with Gasteiger partial charge in [-0.25, -0.2) is 4.99 Å². The number of nitrogens with one attached hydrogen (secondary N) is 1. The molecule has 1 aliphatic rings. The van der Waals surface area contributed by atoms with Gasteiger partial charge in [-0.3, -0.25) is 9.69 Å². The van der Waals surface area contributed by atoms with Gasteiger partial charge in [-0.05, 0) is 78.6 Å². The van der Waals surface area contributed by atoms with Crippen molar-refractivity contribution in [2.45, 2.75) is 36.7 Å². The minimum atomic E-state index is -4.84. The smallest absolute Gasteiger partial charge is 0.332 e. The van der Waals surface area contributed by atoms with Crippen LogP contribution in [0.15, 0.2) is 106 Å². The maximum Gasteiger partial charge on any atom is 0.332 e.